The van der Waals surface area contributed by atoms with Crippen LogP contribution in [0.4, 0.5) is 0 Å². The molecule has 2 saturated carbocycles. The van der Waals surface area contributed by atoms with E-state index in [1.54, 1.807) is 0 Å². The SMILES string of the molecule is NCC1CCCCC1CN1CC2CCCC2C1. The van der Waals surface area contributed by atoms with E-state index in [2.05, 4.69) is 4.90 Å². The Bertz CT molecular complexity index is 241. The van der Waals surface area contributed by atoms with Crippen LogP contribution in [0.25, 0.3) is 0 Å². The zero-order chi connectivity index (χ0) is 11.7. The second-order valence-electron chi connectivity index (χ2n) is 6.71. The molecule has 0 amide bonds. The van der Waals surface area contributed by atoms with Gasteiger partial charge >= 0.3 is 0 Å². The Morgan fingerprint density at radius 1 is 0.824 bits per heavy atom. The van der Waals surface area contributed by atoms with E-state index in [1.165, 1.54) is 64.6 Å². The molecule has 4 unspecified atom stereocenters. The minimum absolute atomic E-state index is 0.823. The van der Waals surface area contributed by atoms with Crippen LogP contribution >= 0.6 is 0 Å². The molecule has 3 aliphatic rings. The lowest BCUT2D eigenvalue weighted by molar-refractivity contribution is 0.167. The number of rotatable bonds is 3. The Kier molecular flexibility index (Phi) is 3.72. The third-order valence-corrected chi connectivity index (χ3v) is 5.66. The van der Waals surface area contributed by atoms with Crippen molar-refractivity contribution < 1.29 is 0 Å². The van der Waals surface area contributed by atoms with Crippen LogP contribution in [0.3, 0.4) is 0 Å². The molecule has 1 heterocycles. The Balaban J connectivity index is 1.52. The highest BCUT2D eigenvalue weighted by Gasteiger charge is 2.37. The first-order chi connectivity index (χ1) is 8.36. The van der Waals surface area contributed by atoms with Gasteiger partial charge in [-0.2, -0.15) is 0 Å². The van der Waals surface area contributed by atoms with Gasteiger partial charge in [0.05, 0.1) is 0 Å². The lowest BCUT2D eigenvalue weighted by Gasteiger charge is -2.33. The molecule has 1 aliphatic heterocycles. The molecule has 0 bridgehead atoms. The van der Waals surface area contributed by atoms with E-state index in [0.29, 0.717) is 0 Å². The molecule has 0 aromatic carbocycles. The molecular weight excluding hydrogens is 208 g/mol. The summed E-state index contributed by atoms with van der Waals surface area (Å²) in [7, 11) is 0. The van der Waals surface area contributed by atoms with Crippen molar-refractivity contribution in [3.63, 3.8) is 0 Å². The number of fused-ring (bicyclic) bond motifs is 1. The van der Waals surface area contributed by atoms with Gasteiger partial charge in [0.15, 0.2) is 0 Å². The average Bonchev–Trinajstić information content (AvgIpc) is 2.90. The fourth-order valence-corrected chi connectivity index (χ4v) is 4.65. The molecule has 17 heavy (non-hydrogen) atoms. The normalized spacial score (nSPS) is 42.9. The molecule has 2 aliphatic carbocycles. The zero-order valence-corrected chi connectivity index (χ0v) is 11.1. The van der Waals surface area contributed by atoms with Crippen molar-refractivity contribution in [3.05, 3.63) is 0 Å². The highest BCUT2D eigenvalue weighted by molar-refractivity contribution is 4.90. The van der Waals surface area contributed by atoms with E-state index in [1.807, 2.05) is 0 Å². The highest BCUT2D eigenvalue weighted by atomic mass is 15.2. The molecule has 0 radical (unpaired) electrons. The Morgan fingerprint density at radius 2 is 1.47 bits per heavy atom. The summed E-state index contributed by atoms with van der Waals surface area (Å²) >= 11 is 0. The van der Waals surface area contributed by atoms with Crippen LogP contribution in [0, 0.1) is 23.7 Å². The summed E-state index contributed by atoms with van der Waals surface area (Å²) < 4.78 is 0. The zero-order valence-electron chi connectivity index (χ0n) is 11.1. The number of hydrogen-bond acceptors (Lipinski definition) is 2. The van der Waals surface area contributed by atoms with Gasteiger partial charge in [-0.3, -0.25) is 0 Å². The van der Waals surface area contributed by atoms with Gasteiger partial charge < -0.3 is 10.6 Å². The summed E-state index contributed by atoms with van der Waals surface area (Å²) in [6.07, 6.45) is 10.2. The smallest absolute Gasteiger partial charge is 0.00130 e. The summed E-state index contributed by atoms with van der Waals surface area (Å²) in [6.45, 7) is 5.08. The third kappa shape index (κ3) is 2.53. The van der Waals surface area contributed by atoms with Gasteiger partial charge in [0.25, 0.3) is 0 Å². The fraction of sp³-hybridized carbons (Fsp3) is 1.00. The van der Waals surface area contributed by atoms with Gasteiger partial charge in [-0.05, 0) is 55.9 Å². The molecule has 2 heteroatoms. The lowest BCUT2D eigenvalue weighted by Crippen LogP contribution is -2.36. The summed E-state index contributed by atoms with van der Waals surface area (Å²) in [5.74, 6) is 3.83. The minimum atomic E-state index is 0.823. The van der Waals surface area contributed by atoms with Crippen molar-refractivity contribution >= 4 is 0 Å². The fourth-order valence-electron chi connectivity index (χ4n) is 4.65. The van der Waals surface area contributed by atoms with Crippen LogP contribution in [0.15, 0.2) is 0 Å². The molecule has 3 rings (SSSR count). The molecular formula is C15H28N2. The van der Waals surface area contributed by atoms with Crippen LogP contribution in [-0.2, 0) is 0 Å². The highest BCUT2D eigenvalue weighted by Crippen LogP contribution is 2.39. The van der Waals surface area contributed by atoms with E-state index >= 15 is 0 Å². The first kappa shape index (κ1) is 12.0. The van der Waals surface area contributed by atoms with E-state index in [-0.39, 0.29) is 0 Å². The van der Waals surface area contributed by atoms with Crippen molar-refractivity contribution in [2.24, 2.45) is 29.4 Å². The van der Waals surface area contributed by atoms with Gasteiger partial charge in [0.1, 0.15) is 0 Å². The van der Waals surface area contributed by atoms with Gasteiger partial charge in [-0.15, -0.1) is 0 Å². The largest absolute Gasteiger partial charge is 0.330 e. The molecule has 0 aromatic rings. The molecule has 2 nitrogen and oxygen atoms in total. The Morgan fingerprint density at radius 3 is 2.12 bits per heavy atom. The van der Waals surface area contributed by atoms with Gasteiger partial charge in [0, 0.05) is 19.6 Å². The first-order valence-electron chi connectivity index (χ1n) is 7.79. The Labute approximate surface area is 106 Å². The van der Waals surface area contributed by atoms with E-state index in [9.17, 15) is 0 Å². The van der Waals surface area contributed by atoms with Crippen LogP contribution in [0.1, 0.15) is 44.9 Å². The molecule has 0 aromatic heterocycles. The number of hydrogen-bond donors (Lipinski definition) is 1. The second-order valence-corrected chi connectivity index (χ2v) is 6.71. The summed E-state index contributed by atoms with van der Waals surface area (Å²) in [5, 5.41) is 0. The standard InChI is InChI=1S/C15H28N2/c16-8-12-4-1-2-5-13(12)9-17-10-14-6-3-7-15(14)11-17/h12-15H,1-11,16H2. The van der Waals surface area contributed by atoms with E-state index < -0.39 is 0 Å². The monoisotopic (exact) mass is 236 g/mol. The lowest BCUT2D eigenvalue weighted by atomic mass is 9.79. The van der Waals surface area contributed by atoms with Crippen molar-refractivity contribution in [1.29, 1.82) is 0 Å². The molecule has 1 saturated heterocycles. The minimum Gasteiger partial charge on any atom is -0.330 e. The van der Waals surface area contributed by atoms with Crippen LogP contribution in [0.2, 0.25) is 0 Å². The predicted molar refractivity (Wildman–Crippen MR) is 71.8 cm³/mol. The van der Waals surface area contributed by atoms with Gasteiger partial charge in [-0.1, -0.05) is 19.3 Å². The van der Waals surface area contributed by atoms with Crippen LogP contribution in [0.5, 0.6) is 0 Å². The molecule has 0 spiro atoms. The maximum absolute atomic E-state index is 5.94. The maximum atomic E-state index is 5.94. The van der Waals surface area contributed by atoms with E-state index in [4.69, 9.17) is 5.73 Å². The summed E-state index contributed by atoms with van der Waals surface area (Å²) in [5.41, 5.74) is 5.94. The van der Waals surface area contributed by atoms with Crippen LogP contribution < -0.4 is 5.73 Å². The predicted octanol–water partition coefficient (Wildman–Crippen LogP) is 2.48. The van der Waals surface area contributed by atoms with Crippen LogP contribution in [-0.4, -0.2) is 31.1 Å². The molecule has 3 fully saturated rings. The molecule has 4 atom stereocenters. The summed E-state index contributed by atoms with van der Waals surface area (Å²) in [6, 6.07) is 0. The quantitative estimate of drug-likeness (QED) is 0.816. The second kappa shape index (κ2) is 5.27. The first-order valence-corrected chi connectivity index (χ1v) is 7.79. The third-order valence-electron chi connectivity index (χ3n) is 5.66. The van der Waals surface area contributed by atoms with E-state index in [0.717, 1.165) is 30.2 Å². The van der Waals surface area contributed by atoms with Crippen molar-refractivity contribution in [1.82, 2.24) is 4.90 Å². The molecule has 2 N–H and O–H groups in total. The van der Waals surface area contributed by atoms with Crippen molar-refractivity contribution in [2.75, 3.05) is 26.2 Å². The maximum Gasteiger partial charge on any atom is 0.00130 e. The number of likely N-dealkylation sites (tertiary alicyclic amines) is 1. The average molecular weight is 236 g/mol. The summed E-state index contributed by atoms with van der Waals surface area (Å²) in [4.78, 5) is 2.77. The number of nitrogens with zero attached hydrogens (tertiary/aromatic N) is 1. The number of nitrogens with two attached hydrogens (primary N) is 1. The Hall–Kier alpha value is -0.0800. The van der Waals surface area contributed by atoms with Crippen molar-refractivity contribution in [2.45, 2.75) is 44.9 Å². The van der Waals surface area contributed by atoms with Gasteiger partial charge in [0.2, 0.25) is 0 Å². The topological polar surface area (TPSA) is 29.3 Å². The molecule has 98 valence electrons. The van der Waals surface area contributed by atoms with Crippen molar-refractivity contribution in [3.8, 4) is 0 Å². The van der Waals surface area contributed by atoms with Gasteiger partial charge in [-0.25, -0.2) is 0 Å².